The largest absolute Gasteiger partial charge is 0.426 e. The third-order valence-corrected chi connectivity index (χ3v) is 4.31. The molecular formula is C17H17F3N4O3. The second-order valence-electron chi connectivity index (χ2n) is 6.11. The Labute approximate surface area is 152 Å². The smallest absolute Gasteiger partial charge is 0.257 e. The topological polar surface area (TPSA) is 79.5 Å². The molecule has 7 nitrogen and oxygen atoms in total. The Bertz CT molecular complexity index is 863. The average molecular weight is 382 g/mol. The Morgan fingerprint density at radius 2 is 1.70 bits per heavy atom. The van der Waals surface area contributed by atoms with Gasteiger partial charge in [-0.1, -0.05) is 0 Å². The third kappa shape index (κ3) is 4.09. The van der Waals surface area contributed by atoms with Gasteiger partial charge in [0.2, 0.25) is 17.7 Å². The van der Waals surface area contributed by atoms with Crippen LogP contribution in [0.15, 0.2) is 16.5 Å². The van der Waals surface area contributed by atoms with Gasteiger partial charge in [0.05, 0.1) is 5.56 Å². The Kier molecular flexibility index (Phi) is 5.43. The summed E-state index contributed by atoms with van der Waals surface area (Å²) in [5.74, 6) is -4.59. The fourth-order valence-corrected chi connectivity index (χ4v) is 2.83. The van der Waals surface area contributed by atoms with Crippen LogP contribution in [0.1, 0.15) is 28.6 Å². The number of amides is 2. The van der Waals surface area contributed by atoms with Crippen LogP contribution in [0.25, 0.3) is 0 Å². The lowest BCUT2D eigenvalue weighted by atomic mass is 10.1. The number of carbonyl (C=O) groups excluding carboxylic acids is 2. The molecule has 2 amide bonds. The number of piperazine rings is 1. The quantitative estimate of drug-likeness (QED) is 0.753. The van der Waals surface area contributed by atoms with Crippen molar-refractivity contribution in [1.29, 1.82) is 0 Å². The molecule has 0 unspecified atom stereocenters. The highest BCUT2D eigenvalue weighted by atomic mass is 19.2. The number of nitrogens with zero attached hydrogens (tertiary/aromatic N) is 4. The number of aromatic nitrogens is 2. The van der Waals surface area contributed by atoms with E-state index < -0.39 is 28.9 Å². The summed E-state index contributed by atoms with van der Waals surface area (Å²) >= 11 is 0. The molecule has 1 aromatic heterocycles. The lowest BCUT2D eigenvalue weighted by Crippen LogP contribution is -2.50. The van der Waals surface area contributed by atoms with Crippen LogP contribution in [0.2, 0.25) is 0 Å². The summed E-state index contributed by atoms with van der Waals surface area (Å²) < 4.78 is 45.3. The summed E-state index contributed by atoms with van der Waals surface area (Å²) in [4.78, 5) is 27.5. The third-order valence-electron chi connectivity index (χ3n) is 4.31. The summed E-state index contributed by atoms with van der Waals surface area (Å²) in [7, 11) is 0. The number of aryl methyl sites for hydroxylation is 2. The first-order valence-electron chi connectivity index (χ1n) is 8.36. The van der Waals surface area contributed by atoms with Crippen molar-refractivity contribution in [3.63, 3.8) is 0 Å². The van der Waals surface area contributed by atoms with E-state index in [1.165, 1.54) is 4.90 Å². The minimum Gasteiger partial charge on any atom is -0.426 e. The van der Waals surface area contributed by atoms with Gasteiger partial charge in [0.15, 0.2) is 17.5 Å². The maximum atomic E-state index is 13.8. The van der Waals surface area contributed by atoms with E-state index in [0.717, 1.165) is 6.07 Å². The minimum absolute atomic E-state index is 0.128. The number of hydrogen-bond acceptors (Lipinski definition) is 5. The molecule has 0 atom stereocenters. The Balaban J connectivity index is 1.54. The molecule has 0 saturated carbocycles. The molecule has 3 rings (SSSR count). The van der Waals surface area contributed by atoms with E-state index in [4.69, 9.17) is 4.42 Å². The molecule has 0 radical (unpaired) electrons. The standard InChI is InChI=1S/C17H17F3N4O3/c1-10-21-22-13(27-10)4-5-14(25)23-6-8-24(9-7-23)17(26)11-2-3-12(18)16(20)15(11)19/h2-3H,4-9H2,1H3. The zero-order valence-electron chi connectivity index (χ0n) is 14.5. The lowest BCUT2D eigenvalue weighted by molar-refractivity contribution is -0.132. The monoisotopic (exact) mass is 382 g/mol. The molecule has 1 saturated heterocycles. The molecule has 0 spiro atoms. The molecule has 1 aromatic carbocycles. The number of rotatable bonds is 4. The number of benzene rings is 1. The molecule has 1 fully saturated rings. The van der Waals surface area contributed by atoms with Crippen molar-refractivity contribution in [3.8, 4) is 0 Å². The molecule has 10 heteroatoms. The highest BCUT2D eigenvalue weighted by molar-refractivity contribution is 5.94. The van der Waals surface area contributed by atoms with Crippen LogP contribution in [0.5, 0.6) is 0 Å². The predicted molar refractivity (Wildman–Crippen MR) is 86.2 cm³/mol. The maximum Gasteiger partial charge on any atom is 0.257 e. The van der Waals surface area contributed by atoms with E-state index in [9.17, 15) is 22.8 Å². The van der Waals surface area contributed by atoms with E-state index in [1.807, 2.05) is 0 Å². The second kappa shape index (κ2) is 7.77. The van der Waals surface area contributed by atoms with Gasteiger partial charge < -0.3 is 14.2 Å². The molecular weight excluding hydrogens is 365 g/mol. The second-order valence-corrected chi connectivity index (χ2v) is 6.11. The van der Waals surface area contributed by atoms with Gasteiger partial charge in [0, 0.05) is 45.9 Å². The van der Waals surface area contributed by atoms with Crippen molar-refractivity contribution in [3.05, 3.63) is 46.9 Å². The van der Waals surface area contributed by atoms with Gasteiger partial charge in [0.1, 0.15) is 0 Å². The molecule has 2 aromatic rings. The summed E-state index contributed by atoms with van der Waals surface area (Å²) in [6.07, 6.45) is 0.506. The van der Waals surface area contributed by atoms with Crippen molar-refractivity contribution >= 4 is 11.8 Å². The fraction of sp³-hybridized carbons (Fsp3) is 0.412. The first-order chi connectivity index (χ1) is 12.9. The zero-order valence-corrected chi connectivity index (χ0v) is 14.5. The van der Waals surface area contributed by atoms with E-state index in [1.54, 1.807) is 11.8 Å². The molecule has 0 N–H and O–H groups in total. The zero-order chi connectivity index (χ0) is 19.6. The molecule has 144 valence electrons. The molecule has 2 heterocycles. The molecule has 0 bridgehead atoms. The first-order valence-corrected chi connectivity index (χ1v) is 8.36. The van der Waals surface area contributed by atoms with Crippen LogP contribution in [-0.4, -0.2) is 58.0 Å². The molecule has 27 heavy (non-hydrogen) atoms. The summed E-state index contributed by atoms with van der Waals surface area (Å²) in [6, 6.07) is 1.63. The SMILES string of the molecule is Cc1nnc(CCC(=O)N2CCN(C(=O)c3ccc(F)c(F)c3F)CC2)o1. The van der Waals surface area contributed by atoms with Gasteiger partial charge in [0.25, 0.3) is 5.91 Å². The van der Waals surface area contributed by atoms with Gasteiger partial charge in [-0.3, -0.25) is 9.59 Å². The molecule has 1 aliphatic rings. The van der Waals surface area contributed by atoms with Gasteiger partial charge >= 0.3 is 0 Å². The molecule has 1 aliphatic heterocycles. The van der Waals surface area contributed by atoms with Crippen LogP contribution >= 0.6 is 0 Å². The highest BCUT2D eigenvalue weighted by Gasteiger charge is 2.28. The Morgan fingerprint density at radius 1 is 1.04 bits per heavy atom. The van der Waals surface area contributed by atoms with Gasteiger partial charge in [-0.2, -0.15) is 0 Å². The van der Waals surface area contributed by atoms with Crippen LogP contribution in [0.4, 0.5) is 13.2 Å². The summed E-state index contributed by atoms with van der Waals surface area (Å²) in [6.45, 7) is 2.52. The maximum absolute atomic E-state index is 13.8. The van der Waals surface area contributed by atoms with Gasteiger partial charge in [-0.05, 0) is 12.1 Å². The van der Waals surface area contributed by atoms with E-state index >= 15 is 0 Å². The normalized spacial score (nSPS) is 14.5. The van der Waals surface area contributed by atoms with Crippen molar-refractivity contribution in [1.82, 2.24) is 20.0 Å². The molecule has 0 aliphatic carbocycles. The van der Waals surface area contributed by atoms with Crippen LogP contribution in [-0.2, 0) is 11.2 Å². The van der Waals surface area contributed by atoms with E-state index in [0.29, 0.717) is 24.3 Å². The summed E-state index contributed by atoms with van der Waals surface area (Å²) in [5, 5.41) is 7.51. The van der Waals surface area contributed by atoms with Gasteiger partial charge in [-0.15, -0.1) is 10.2 Å². The number of hydrogen-bond donors (Lipinski definition) is 0. The number of halogens is 3. The van der Waals surface area contributed by atoms with Crippen molar-refractivity contribution in [2.45, 2.75) is 19.8 Å². The van der Waals surface area contributed by atoms with Crippen molar-refractivity contribution in [2.75, 3.05) is 26.2 Å². The lowest BCUT2D eigenvalue weighted by Gasteiger charge is -2.34. The van der Waals surface area contributed by atoms with Crippen molar-refractivity contribution in [2.24, 2.45) is 0 Å². The fourth-order valence-electron chi connectivity index (χ4n) is 2.83. The van der Waals surface area contributed by atoms with E-state index in [2.05, 4.69) is 10.2 Å². The predicted octanol–water partition coefficient (Wildman–Crippen LogP) is 1.71. The van der Waals surface area contributed by atoms with Gasteiger partial charge in [-0.25, -0.2) is 13.2 Å². The Hall–Kier alpha value is -2.91. The van der Waals surface area contributed by atoms with E-state index in [-0.39, 0.29) is 38.5 Å². The highest BCUT2D eigenvalue weighted by Crippen LogP contribution is 2.18. The minimum atomic E-state index is -1.68. The van der Waals surface area contributed by atoms with Crippen LogP contribution < -0.4 is 0 Å². The average Bonchev–Trinajstić information content (AvgIpc) is 3.09. The Morgan fingerprint density at radius 3 is 2.33 bits per heavy atom. The van der Waals surface area contributed by atoms with Crippen molar-refractivity contribution < 1.29 is 27.2 Å². The first kappa shape index (κ1) is 18.9. The van der Waals surface area contributed by atoms with Crippen LogP contribution in [0, 0.1) is 24.4 Å². The van der Waals surface area contributed by atoms with Crippen LogP contribution in [0.3, 0.4) is 0 Å². The number of carbonyl (C=O) groups is 2. The summed E-state index contributed by atoms with van der Waals surface area (Å²) in [5.41, 5.74) is -0.527.